The molecule has 2 amide bonds. The zero-order chi connectivity index (χ0) is 16.1. The molecule has 116 valence electrons. The van der Waals surface area contributed by atoms with Crippen LogP contribution in [-0.2, 0) is 16.0 Å². The summed E-state index contributed by atoms with van der Waals surface area (Å²) in [6.45, 7) is 0.365. The fourth-order valence-electron chi connectivity index (χ4n) is 2.25. The molecule has 0 aliphatic heterocycles. The van der Waals surface area contributed by atoms with Crippen molar-refractivity contribution in [3.63, 3.8) is 0 Å². The van der Waals surface area contributed by atoms with Gasteiger partial charge in [-0.05, 0) is 24.1 Å². The lowest BCUT2D eigenvalue weighted by Gasteiger charge is -2.05. The van der Waals surface area contributed by atoms with E-state index in [0.29, 0.717) is 13.0 Å². The van der Waals surface area contributed by atoms with Crippen molar-refractivity contribution in [3.8, 4) is 0 Å². The Labute approximate surface area is 132 Å². The van der Waals surface area contributed by atoms with E-state index in [9.17, 15) is 9.59 Å². The molecule has 0 spiro atoms. The number of para-hydroxylation sites is 1. The van der Waals surface area contributed by atoms with Crippen LogP contribution in [0.5, 0.6) is 0 Å². The number of carbonyl (C=O) groups excluding carboxylic acids is 2. The first-order chi connectivity index (χ1) is 11.2. The molecule has 3 N–H and O–H groups in total. The number of nitrogens with one attached hydrogen (secondary N) is 3. The van der Waals surface area contributed by atoms with Crippen LogP contribution in [-0.4, -0.2) is 33.3 Å². The van der Waals surface area contributed by atoms with Gasteiger partial charge in [0.25, 0.3) is 0 Å². The summed E-state index contributed by atoms with van der Waals surface area (Å²) in [5, 5.41) is 6.04. The van der Waals surface area contributed by atoms with Gasteiger partial charge in [-0.2, -0.15) is 0 Å². The average molecular weight is 309 g/mol. The Morgan fingerprint density at radius 2 is 1.83 bits per heavy atom. The van der Waals surface area contributed by atoms with E-state index >= 15 is 0 Å². The number of hydrogen-bond acceptors (Lipinski definition) is 4. The normalized spacial score (nSPS) is 10.4. The molecule has 0 atom stereocenters. The highest BCUT2D eigenvalue weighted by Gasteiger charge is 2.14. The molecule has 0 saturated heterocycles. The molecule has 0 aliphatic rings. The fourth-order valence-corrected chi connectivity index (χ4v) is 2.25. The third-order valence-electron chi connectivity index (χ3n) is 3.35. The maximum Gasteiger partial charge on any atom is 0.316 e. The predicted molar refractivity (Wildman–Crippen MR) is 85.7 cm³/mol. The third-order valence-corrected chi connectivity index (χ3v) is 3.35. The van der Waals surface area contributed by atoms with E-state index in [2.05, 4.69) is 25.6 Å². The van der Waals surface area contributed by atoms with Gasteiger partial charge in [-0.3, -0.25) is 14.9 Å². The van der Waals surface area contributed by atoms with Crippen molar-refractivity contribution in [2.45, 2.75) is 6.42 Å². The highest BCUT2D eigenvalue weighted by atomic mass is 16.2. The van der Waals surface area contributed by atoms with Crippen LogP contribution in [0.3, 0.4) is 0 Å². The largest absolute Gasteiger partial charge is 0.361 e. The number of carbonyl (C=O) groups is 2. The third kappa shape index (κ3) is 3.52. The van der Waals surface area contributed by atoms with E-state index in [4.69, 9.17) is 0 Å². The Balaban J connectivity index is 1.52. The summed E-state index contributed by atoms with van der Waals surface area (Å²) < 4.78 is 0. The number of nitrogens with zero attached hydrogens (tertiary/aromatic N) is 2. The van der Waals surface area contributed by atoms with Crippen molar-refractivity contribution < 1.29 is 9.59 Å². The molecule has 7 nitrogen and oxygen atoms in total. The summed E-state index contributed by atoms with van der Waals surface area (Å²) in [6, 6.07) is 9.55. The second kappa shape index (κ2) is 6.69. The molecule has 0 aliphatic carbocycles. The van der Waals surface area contributed by atoms with E-state index in [1.807, 2.05) is 30.5 Å². The molecular weight excluding hydrogens is 294 g/mol. The lowest BCUT2D eigenvalue weighted by molar-refractivity contribution is -0.136. The van der Waals surface area contributed by atoms with Crippen molar-refractivity contribution >= 4 is 28.7 Å². The van der Waals surface area contributed by atoms with Crippen molar-refractivity contribution in [3.05, 3.63) is 54.5 Å². The zero-order valence-electron chi connectivity index (χ0n) is 12.2. The summed E-state index contributed by atoms with van der Waals surface area (Å²) in [7, 11) is 0. The number of anilines is 1. The number of amides is 2. The van der Waals surface area contributed by atoms with Gasteiger partial charge in [-0.15, -0.1) is 0 Å². The van der Waals surface area contributed by atoms with Gasteiger partial charge in [0.1, 0.15) is 0 Å². The number of aromatic amines is 1. The Bertz CT molecular complexity index is 829. The summed E-state index contributed by atoms with van der Waals surface area (Å²) in [4.78, 5) is 34.3. The van der Waals surface area contributed by atoms with Gasteiger partial charge < -0.3 is 10.3 Å². The Kier molecular flexibility index (Phi) is 4.28. The first kappa shape index (κ1) is 14.7. The molecule has 0 unspecified atom stereocenters. The van der Waals surface area contributed by atoms with Crippen LogP contribution in [0.4, 0.5) is 5.95 Å². The van der Waals surface area contributed by atoms with Crippen LogP contribution in [0.2, 0.25) is 0 Å². The SMILES string of the molecule is O=C(NCCc1c[nH]c2ccccc12)C(=O)Nc1ncccn1. The monoisotopic (exact) mass is 309 g/mol. The van der Waals surface area contributed by atoms with E-state index < -0.39 is 11.8 Å². The van der Waals surface area contributed by atoms with E-state index in [0.717, 1.165) is 16.5 Å². The van der Waals surface area contributed by atoms with E-state index in [-0.39, 0.29) is 5.95 Å². The van der Waals surface area contributed by atoms with Gasteiger partial charge in [0, 0.05) is 36.0 Å². The summed E-state index contributed by atoms with van der Waals surface area (Å²) >= 11 is 0. The molecule has 0 saturated carbocycles. The second-order valence-corrected chi connectivity index (χ2v) is 4.89. The van der Waals surface area contributed by atoms with Gasteiger partial charge in [-0.25, -0.2) is 9.97 Å². The molecule has 1 aromatic carbocycles. The van der Waals surface area contributed by atoms with Crippen LogP contribution < -0.4 is 10.6 Å². The average Bonchev–Trinajstić information content (AvgIpc) is 2.99. The topological polar surface area (TPSA) is 99.8 Å². The van der Waals surface area contributed by atoms with Crippen molar-refractivity contribution in [2.75, 3.05) is 11.9 Å². The van der Waals surface area contributed by atoms with Crippen LogP contribution in [0, 0.1) is 0 Å². The minimum absolute atomic E-state index is 0.101. The number of hydrogen-bond donors (Lipinski definition) is 3. The number of rotatable bonds is 4. The lowest BCUT2D eigenvalue weighted by atomic mass is 10.1. The summed E-state index contributed by atoms with van der Waals surface area (Å²) in [6.07, 6.45) is 5.51. The number of aromatic nitrogens is 3. The van der Waals surface area contributed by atoms with Crippen molar-refractivity contribution in [2.24, 2.45) is 0 Å². The summed E-state index contributed by atoms with van der Waals surface area (Å²) in [5.41, 5.74) is 2.14. The predicted octanol–water partition coefficient (Wildman–Crippen LogP) is 1.26. The van der Waals surface area contributed by atoms with Gasteiger partial charge in [-0.1, -0.05) is 18.2 Å². The molecule has 0 radical (unpaired) electrons. The van der Waals surface area contributed by atoms with Crippen LogP contribution in [0.1, 0.15) is 5.56 Å². The Morgan fingerprint density at radius 3 is 2.65 bits per heavy atom. The molecular formula is C16H15N5O2. The van der Waals surface area contributed by atoms with Crippen molar-refractivity contribution in [1.29, 1.82) is 0 Å². The van der Waals surface area contributed by atoms with Crippen molar-refractivity contribution in [1.82, 2.24) is 20.3 Å². The number of benzene rings is 1. The maximum absolute atomic E-state index is 11.8. The lowest BCUT2D eigenvalue weighted by Crippen LogP contribution is -2.36. The van der Waals surface area contributed by atoms with Gasteiger partial charge in [0.15, 0.2) is 0 Å². The molecule has 0 fully saturated rings. The van der Waals surface area contributed by atoms with Gasteiger partial charge in [0.05, 0.1) is 0 Å². The first-order valence-corrected chi connectivity index (χ1v) is 7.15. The minimum atomic E-state index is -0.782. The quantitative estimate of drug-likeness (QED) is 0.632. The van der Waals surface area contributed by atoms with E-state index in [1.54, 1.807) is 6.07 Å². The van der Waals surface area contributed by atoms with Crippen LogP contribution in [0.15, 0.2) is 48.9 Å². The Morgan fingerprint density at radius 1 is 1.04 bits per heavy atom. The van der Waals surface area contributed by atoms with Gasteiger partial charge in [0.2, 0.25) is 5.95 Å². The number of H-pyrrole nitrogens is 1. The maximum atomic E-state index is 11.8. The molecule has 23 heavy (non-hydrogen) atoms. The Hall–Kier alpha value is -3.22. The van der Waals surface area contributed by atoms with Crippen LogP contribution >= 0.6 is 0 Å². The zero-order valence-corrected chi connectivity index (χ0v) is 12.2. The molecule has 2 aromatic heterocycles. The highest BCUT2D eigenvalue weighted by molar-refractivity contribution is 6.39. The second-order valence-electron chi connectivity index (χ2n) is 4.89. The van der Waals surface area contributed by atoms with Crippen LogP contribution in [0.25, 0.3) is 10.9 Å². The molecule has 3 rings (SSSR count). The first-order valence-electron chi connectivity index (χ1n) is 7.15. The molecule has 7 heteroatoms. The molecule has 2 heterocycles. The minimum Gasteiger partial charge on any atom is -0.361 e. The molecule has 0 bridgehead atoms. The smallest absolute Gasteiger partial charge is 0.316 e. The molecule has 3 aromatic rings. The van der Waals surface area contributed by atoms with Gasteiger partial charge >= 0.3 is 11.8 Å². The fraction of sp³-hybridized carbons (Fsp3) is 0.125. The highest BCUT2D eigenvalue weighted by Crippen LogP contribution is 2.17. The summed E-state index contributed by atoms with van der Waals surface area (Å²) in [5.74, 6) is -1.39. The standard InChI is InChI=1S/C16H15N5O2/c22-14(15(23)21-16-18-7-3-8-19-16)17-9-6-11-10-20-13-5-2-1-4-12(11)13/h1-5,7-8,10,20H,6,9H2,(H,17,22)(H,18,19,21,23). The van der Waals surface area contributed by atoms with E-state index in [1.165, 1.54) is 12.4 Å². The number of fused-ring (bicyclic) bond motifs is 1.